The average Bonchev–Trinajstić information content (AvgIpc) is 3.36. The first-order chi connectivity index (χ1) is 15.6. The molecule has 0 saturated carbocycles. The Morgan fingerprint density at radius 1 is 0.875 bits per heavy atom. The highest BCUT2D eigenvalue weighted by Gasteiger charge is 2.33. The summed E-state index contributed by atoms with van der Waals surface area (Å²) in [5, 5.41) is 5.37. The van der Waals surface area contributed by atoms with Crippen molar-refractivity contribution in [2.24, 2.45) is 0 Å². The van der Waals surface area contributed by atoms with Crippen molar-refractivity contribution in [1.29, 1.82) is 0 Å². The Morgan fingerprint density at radius 3 is 2.16 bits per heavy atom. The van der Waals surface area contributed by atoms with Crippen LogP contribution in [0.4, 0.5) is 10.5 Å². The molecule has 0 aliphatic carbocycles. The lowest BCUT2D eigenvalue weighted by Crippen LogP contribution is -2.26. The molecule has 2 heterocycles. The van der Waals surface area contributed by atoms with E-state index in [4.69, 9.17) is 28.9 Å². The van der Waals surface area contributed by atoms with Gasteiger partial charge in [-0.2, -0.15) is 5.10 Å². The van der Waals surface area contributed by atoms with Crippen LogP contribution in [0, 0.1) is 0 Å². The zero-order valence-electron chi connectivity index (χ0n) is 16.7. The van der Waals surface area contributed by atoms with E-state index in [9.17, 15) is 4.79 Å². The van der Waals surface area contributed by atoms with Crippen LogP contribution < -0.4 is 4.90 Å². The Labute approximate surface area is 200 Å². The molecule has 7 heteroatoms. The van der Waals surface area contributed by atoms with E-state index in [1.54, 1.807) is 4.90 Å². The van der Waals surface area contributed by atoms with Crippen molar-refractivity contribution in [1.82, 2.24) is 9.78 Å². The highest BCUT2D eigenvalue weighted by molar-refractivity contribution is 8.20. The molecule has 1 aromatic heterocycles. The van der Waals surface area contributed by atoms with Crippen molar-refractivity contribution in [3.05, 3.63) is 107 Å². The number of aromatic nitrogens is 2. The number of hydrogen-bond donors (Lipinski definition) is 0. The largest absolute Gasteiger partial charge is 0.296 e. The first-order valence-corrected chi connectivity index (χ1v) is 11.4. The van der Waals surface area contributed by atoms with Gasteiger partial charge >= 0.3 is 0 Å². The van der Waals surface area contributed by atoms with Crippen molar-refractivity contribution in [3.63, 3.8) is 0 Å². The van der Waals surface area contributed by atoms with Gasteiger partial charge in [0.05, 0.1) is 22.0 Å². The molecule has 0 bridgehead atoms. The molecule has 3 aromatic carbocycles. The standard InChI is InChI=1S/C25H16ClN3OS2/c26-19-13-11-17(12-14-19)23-18(16-28(27-23)20-7-3-1-4-8-20)15-22-24(31)29(25(30)32-22)21-9-5-2-6-10-21/h1-16H. The Morgan fingerprint density at radius 2 is 1.50 bits per heavy atom. The van der Waals surface area contributed by atoms with Crippen LogP contribution >= 0.6 is 35.6 Å². The Kier molecular flexibility index (Phi) is 5.66. The summed E-state index contributed by atoms with van der Waals surface area (Å²) >= 11 is 12.9. The zero-order chi connectivity index (χ0) is 22.1. The van der Waals surface area contributed by atoms with Gasteiger partial charge in [-0.15, -0.1) is 0 Å². The van der Waals surface area contributed by atoms with E-state index in [1.165, 1.54) is 0 Å². The normalized spacial score (nSPS) is 15.0. The van der Waals surface area contributed by atoms with Crippen LogP contribution in [0.15, 0.2) is 96.0 Å². The molecule has 1 aliphatic heterocycles. The van der Waals surface area contributed by atoms with E-state index in [0.29, 0.717) is 10.0 Å². The molecule has 4 nitrogen and oxygen atoms in total. The number of rotatable bonds is 4. The van der Waals surface area contributed by atoms with Gasteiger partial charge in [-0.25, -0.2) is 4.68 Å². The molecule has 0 radical (unpaired) electrons. The lowest BCUT2D eigenvalue weighted by Gasteiger charge is -2.14. The van der Waals surface area contributed by atoms with Gasteiger partial charge in [-0.3, -0.25) is 9.69 Å². The maximum absolute atomic E-state index is 12.7. The number of hydrogen-bond acceptors (Lipinski definition) is 4. The molecule has 4 aromatic rings. The maximum atomic E-state index is 12.7. The van der Waals surface area contributed by atoms with Gasteiger partial charge < -0.3 is 0 Å². The Bertz CT molecular complexity index is 1330. The predicted molar refractivity (Wildman–Crippen MR) is 136 cm³/mol. The second-order valence-electron chi connectivity index (χ2n) is 7.07. The fourth-order valence-corrected chi connectivity index (χ4v) is 4.84. The lowest BCUT2D eigenvalue weighted by molar-refractivity contribution is 0.268. The number of anilines is 1. The van der Waals surface area contributed by atoms with Crippen LogP contribution in [-0.4, -0.2) is 20.0 Å². The molecule has 1 saturated heterocycles. The lowest BCUT2D eigenvalue weighted by atomic mass is 10.1. The van der Waals surface area contributed by atoms with Crippen LogP contribution in [0.2, 0.25) is 5.02 Å². The molecule has 0 atom stereocenters. The summed E-state index contributed by atoms with van der Waals surface area (Å²) in [6.45, 7) is 0. The number of carbonyl (C=O) groups excluding carboxylic acids is 1. The fourth-order valence-electron chi connectivity index (χ4n) is 3.45. The number of thioether (sulfide) groups is 1. The topological polar surface area (TPSA) is 38.1 Å². The van der Waals surface area contributed by atoms with Gasteiger partial charge in [-0.1, -0.05) is 72.3 Å². The van der Waals surface area contributed by atoms with Crippen molar-refractivity contribution in [2.75, 3.05) is 4.90 Å². The quantitative estimate of drug-likeness (QED) is 0.231. The smallest absolute Gasteiger partial charge is 0.261 e. The molecular weight excluding hydrogens is 458 g/mol. The minimum Gasteiger partial charge on any atom is -0.261 e. The highest BCUT2D eigenvalue weighted by Crippen LogP contribution is 2.38. The molecular formula is C25H16ClN3OS2. The molecule has 1 amide bonds. The summed E-state index contributed by atoms with van der Waals surface area (Å²) in [4.78, 5) is 15.5. The van der Waals surface area contributed by atoms with Crippen molar-refractivity contribution in [2.45, 2.75) is 0 Å². The molecule has 5 rings (SSSR count). The van der Waals surface area contributed by atoms with Gasteiger partial charge in [0.2, 0.25) is 0 Å². The van der Waals surface area contributed by atoms with E-state index in [2.05, 4.69) is 0 Å². The van der Waals surface area contributed by atoms with E-state index in [0.717, 1.165) is 44.9 Å². The first kappa shape index (κ1) is 20.7. The van der Waals surface area contributed by atoms with Crippen LogP contribution in [0.5, 0.6) is 0 Å². The van der Waals surface area contributed by atoms with Crippen molar-refractivity contribution < 1.29 is 4.79 Å². The van der Waals surface area contributed by atoms with Crippen molar-refractivity contribution >= 4 is 57.6 Å². The number of benzene rings is 3. The van der Waals surface area contributed by atoms with Gasteiger partial charge in [0.1, 0.15) is 4.99 Å². The summed E-state index contributed by atoms with van der Waals surface area (Å²) in [5.41, 5.74) is 4.28. The molecule has 156 valence electrons. The van der Waals surface area contributed by atoms with Crippen LogP contribution in [0.25, 0.3) is 23.0 Å². The number of carbonyl (C=O) groups is 1. The summed E-state index contributed by atoms with van der Waals surface area (Å²) in [6.07, 6.45) is 3.88. The predicted octanol–water partition coefficient (Wildman–Crippen LogP) is 7.23. The Balaban J connectivity index is 1.59. The number of nitrogens with zero attached hydrogens (tertiary/aromatic N) is 3. The molecule has 0 unspecified atom stereocenters. The zero-order valence-corrected chi connectivity index (χ0v) is 19.1. The third kappa shape index (κ3) is 4.00. The van der Waals surface area contributed by atoms with Crippen molar-refractivity contribution in [3.8, 4) is 16.9 Å². The summed E-state index contributed by atoms with van der Waals surface area (Å²) in [7, 11) is 0. The second kappa shape index (κ2) is 8.74. The molecule has 0 N–H and O–H groups in total. The first-order valence-electron chi connectivity index (χ1n) is 9.84. The molecule has 0 spiro atoms. The monoisotopic (exact) mass is 473 g/mol. The van der Waals surface area contributed by atoms with Gasteiger partial charge in [0, 0.05) is 22.3 Å². The third-order valence-corrected chi connectivity index (χ3v) is 6.65. The molecule has 32 heavy (non-hydrogen) atoms. The third-order valence-electron chi connectivity index (χ3n) is 4.98. The number of para-hydroxylation sites is 2. The van der Waals surface area contributed by atoms with Gasteiger partial charge in [-0.05, 0) is 54.2 Å². The van der Waals surface area contributed by atoms with Crippen LogP contribution in [-0.2, 0) is 0 Å². The summed E-state index contributed by atoms with van der Waals surface area (Å²) < 4.78 is 1.83. The fraction of sp³-hybridized carbons (Fsp3) is 0. The number of halogens is 1. The van der Waals surface area contributed by atoms with Crippen LogP contribution in [0.3, 0.4) is 0 Å². The second-order valence-corrected chi connectivity index (χ2v) is 8.89. The SMILES string of the molecule is O=C1SC(=Cc2cn(-c3ccccc3)nc2-c2ccc(Cl)cc2)C(=S)N1c1ccccc1. The molecule has 1 fully saturated rings. The van der Waals surface area contributed by atoms with E-state index in [1.807, 2.05) is 102 Å². The van der Waals surface area contributed by atoms with E-state index < -0.39 is 0 Å². The maximum Gasteiger partial charge on any atom is 0.296 e. The van der Waals surface area contributed by atoms with E-state index >= 15 is 0 Å². The van der Waals surface area contributed by atoms with Crippen LogP contribution in [0.1, 0.15) is 5.56 Å². The van der Waals surface area contributed by atoms with Gasteiger partial charge in [0.25, 0.3) is 5.24 Å². The molecule has 1 aliphatic rings. The Hall–Kier alpha value is -3.19. The highest BCUT2D eigenvalue weighted by atomic mass is 35.5. The van der Waals surface area contributed by atoms with Gasteiger partial charge in [0.15, 0.2) is 0 Å². The minimum absolute atomic E-state index is 0.115. The number of thiocarbonyl (C=S) groups is 1. The number of amides is 1. The van der Waals surface area contributed by atoms with E-state index in [-0.39, 0.29) is 5.24 Å². The summed E-state index contributed by atoms with van der Waals surface area (Å²) in [6, 6.07) is 26.9. The average molecular weight is 474 g/mol. The summed E-state index contributed by atoms with van der Waals surface area (Å²) in [5.74, 6) is 0. The minimum atomic E-state index is -0.115.